The van der Waals surface area contributed by atoms with Crippen molar-refractivity contribution in [3.8, 4) is 0 Å². The monoisotopic (exact) mass is 472 g/mol. The molecular weight excluding hydrogens is 444 g/mol. The van der Waals surface area contributed by atoms with E-state index in [0.717, 1.165) is 35.2 Å². The van der Waals surface area contributed by atoms with Gasteiger partial charge in [-0.15, -0.1) is 23.1 Å². The topological polar surface area (TPSA) is 80.9 Å². The molecule has 1 atom stereocenters. The molecule has 0 spiro atoms. The Balaban J connectivity index is 1.35. The zero-order valence-electron chi connectivity index (χ0n) is 18.1. The van der Waals surface area contributed by atoms with Crippen molar-refractivity contribution in [2.75, 3.05) is 11.5 Å². The van der Waals surface area contributed by atoms with E-state index in [4.69, 9.17) is 10.7 Å². The van der Waals surface area contributed by atoms with Crippen LogP contribution in [0.3, 0.4) is 0 Å². The van der Waals surface area contributed by atoms with Crippen LogP contribution in [0.15, 0.2) is 35.5 Å². The summed E-state index contributed by atoms with van der Waals surface area (Å²) < 4.78 is 0.205. The number of carbonyl (C=O) groups is 1. The number of amides is 1. The second-order valence-electron chi connectivity index (χ2n) is 8.58. The number of thioether (sulfide) groups is 2. The highest BCUT2D eigenvalue weighted by molar-refractivity contribution is 8.00. The maximum atomic E-state index is 12.4. The second kappa shape index (κ2) is 9.38. The fourth-order valence-electron chi connectivity index (χ4n) is 3.76. The number of fused-ring (bicyclic) bond motifs is 3. The zero-order valence-corrected chi connectivity index (χ0v) is 20.6. The largest absolute Gasteiger partial charge is 0.383 e. The predicted octanol–water partition coefficient (Wildman–Crippen LogP) is 5.07. The number of rotatable bonds is 7. The highest BCUT2D eigenvalue weighted by Gasteiger charge is 2.30. The van der Waals surface area contributed by atoms with Gasteiger partial charge >= 0.3 is 0 Å². The van der Waals surface area contributed by atoms with E-state index in [0.29, 0.717) is 11.0 Å². The Morgan fingerprint density at radius 1 is 1.29 bits per heavy atom. The molecule has 3 heterocycles. The number of anilines is 1. The molecule has 0 saturated heterocycles. The highest BCUT2D eigenvalue weighted by atomic mass is 32.2. The molecule has 8 heteroatoms. The van der Waals surface area contributed by atoms with Crippen LogP contribution >= 0.6 is 34.9 Å². The van der Waals surface area contributed by atoms with Crippen LogP contribution in [0.25, 0.3) is 10.2 Å². The van der Waals surface area contributed by atoms with Crippen molar-refractivity contribution in [2.24, 2.45) is 0 Å². The van der Waals surface area contributed by atoms with Gasteiger partial charge in [-0.05, 0) is 37.3 Å². The fourth-order valence-corrected chi connectivity index (χ4v) is 6.83. The molecule has 164 valence electrons. The predicted molar refractivity (Wildman–Crippen MR) is 134 cm³/mol. The van der Waals surface area contributed by atoms with Gasteiger partial charge in [0.05, 0.1) is 11.1 Å². The third-order valence-electron chi connectivity index (χ3n) is 5.39. The molecule has 3 aromatic rings. The van der Waals surface area contributed by atoms with Crippen LogP contribution < -0.4 is 11.1 Å². The maximum absolute atomic E-state index is 12.4. The minimum absolute atomic E-state index is 0.00328. The van der Waals surface area contributed by atoms with Crippen molar-refractivity contribution in [1.82, 2.24) is 15.3 Å². The molecule has 0 saturated carbocycles. The molecule has 1 aliphatic heterocycles. The molecule has 1 aliphatic rings. The number of benzene rings is 1. The molecule has 0 unspecified atom stereocenters. The van der Waals surface area contributed by atoms with Gasteiger partial charge in [0.15, 0.2) is 5.16 Å². The Labute approximate surface area is 196 Å². The number of aryl methyl sites for hydroxylation is 1. The Morgan fingerprint density at radius 3 is 2.84 bits per heavy atom. The first-order valence-corrected chi connectivity index (χ1v) is 13.3. The van der Waals surface area contributed by atoms with E-state index in [1.807, 2.05) is 36.9 Å². The van der Waals surface area contributed by atoms with Crippen LogP contribution in [-0.2, 0) is 23.4 Å². The first-order chi connectivity index (χ1) is 14.8. The lowest BCUT2D eigenvalue weighted by molar-refractivity contribution is -0.119. The number of hydrogen-bond donors (Lipinski definition) is 2. The molecular formula is C23H28N4OS3. The van der Waals surface area contributed by atoms with Crippen molar-refractivity contribution >= 4 is 56.8 Å². The summed E-state index contributed by atoms with van der Waals surface area (Å²) in [4.78, 5) is 23.9. The molecule has 1 aromatic carbocycles. The van der Waals surface area contributed by atoms with Gasteiger partial charge in [0.25, 0.3) is 0 Å². The van der Waals surface area contributed by atoms with Gasteiger partial charge in [0.1, 0.15) is 10.6 Å². The number of nitrogens with one attached hydrogen (secondary N) is 1. The van der Waals surface area contributed by atoms with Crippen LogP contribution in [0.1, 0.15) is 43.2 Å². The average molecular weight is 473 g/mol. The smallest absolute Gasteiger partial charge is 0.230 e. The summed E-state index contributed by atoms with van der Waals surface area (Å²) in [6, 6.07) is 10.5. The number of nitrogens with zero attached hydrogens (tertiary/aromatic N) is 2. The highest BCUT2D eigenvalue weighted by Crippen LogP contribution is 2.45. The molecule has 4 rings (SSSR count). The Bertz CT molecular complexity index is 1080. The minimum Gasteiger partial charge on any atom is -0.383 e. The molecule has 2 aromatic heterocycles. The van der Waals surface area contributed by atoms with Crippen molar-refractivity contribution in [1.29, 1.82) is 0 Å². The summed E-state index contributed by atoms with van der Waals surface area (Å²) >= 11 is 5.03. The quantitative estimate of drug-likeness (QED) is 0.369. The van der Waals surface area contributed by atoms with Gasteiger partial charge in [-0.3, -0.25) is 4.79 Å². The van der Waals surface area contributed by atoms with Gasteiger partial charge in [0, 0.05) is 21.4 Å². The van der Waals surface area contributed by atoms with Crippen molar-refractivity contribution < 1.29 is 4.79 Å². The lowest BCUT2D eigenvalue weighted by Crippen LogP contribution is -2.34. The van der Waals surface area contributed by atoms with Gasteiger partial charge < -0.3 is 11.1 Å². The van der Waals surface area contributed by atoms with Gasteiger partial charge in [-0.2, -0.15) is 0 Å². The third-order valence-corrected chi connectivity index (χ3v) is 8.90. The van der Waals surface area contributed by atoms with Crippen molar-refractivity contribution in [2.45, 2.75) is 61.7 Å². The van der Waals surface area contributed by atoms with E-state index < -0.39 is 0 Å². The number of hydrogen-bond acceptors (Lipinski definition) is 7. The van der Waals surface area contributed by atoms with E-state index in [9.17, 15) is 4.79 Å². The SMILES string of the molecule is C[C@H](CCc1ccccc1)NC(=O)CSc1nc(N)c2c3c(sc2n1)CSC(C)(C)C3. The number of thiophene rings is 1. The van der Waals surface area contributed by atoms with Crippen LogP contribution in [0.4, 0.5) is 5.82 Å². The standard InChI is InChI=1S/C23H28N4OS3/c1-14(9-10-15-7-5-4-6-8-15)25-18(28)13-29-22-26-20(24)19-16-11-23(2,3)30-12-17(16)31-21(19)27-22/h4-8,14H,9-13H2,1-3H3,(H,25,28)(H2,24,26,27)/t14-/m1/s1. The normalized spacial score (nSPS) is 16.1. The van der Waals surface area contributed by atoms with Crippen LogP contribution in [0, 0.1) is 0 Å². The van der Waals surface area contributed by atoms with Gasteiger partial charge in [0.2, 0.25) is 5.91 Å². The van der Waals surface area contributed by atoms with E-state index in [1.54, 1.807) is 11.3 Å². The van der Waals surface area contributed by atoms with E-state index in [2.05, 4.69) is 36.3 Å². The summed E-state index contributed by atoms with van der Waals surface area (Å²) in [6.45, 7) is 6.58. The van der Waals surface area contributed by atoms with Crippen molar-refractivity contribution in [3.63, 3.8) is 0 Å². The van der Waals surface area contributed by atoms with E-state index in [-0.39, 0.29) is 22.4 Å². The molecule has 31 heavy (non-hydrogen) atoms. The number of carbonyl (C=O) groups excluding carboxylic acids is 1. The van der Waals surface area contributed by atoms with Crippen LogP contribution in [0.2, 0.25) is 0 Å². The van der Waals surface area contributed by atoms with Gasteiger partial charge in [-0.25, -0.2) is 9.97 Å². The summed E-state index contributed by atoms with van der Waals surface area (Å²) in [5.41, 5.74) is 8.93. The van der Waals surface area contributed by atoms with E-state index in [1.165, 1.54) is 27.8 Å². The summed E-state index contributed by atoms with van der Waals surface area (Å²) in [5, 5.41) is 4.66. The van der Waals surface area contributed by atoms with Gasteiger partial charge in [-0.1, -0.05) is 55.9 Å². The zero-order chi connectivity index (χ0) is 22.0. The van der Waals surface area contributed by atoms with E-state index >= 15 is 0 Å². The fraction of sp³-hybridized carbons (Fsp3) is 0.435. The lowest BCUT2D eigenvalue weighted by atomic mass is 9.99. The second-order valence-corrected chi connectivity index (χ2v) is 12.3. The maximum Gasteiger partial charge on any atom is 0.230 e. The van der Waals surface area contributed by atoms with Crippen LogP contribution in [0.5, 0.6) is 0 Å². The number of nitrogens with two attached hydrogens (primary N) is 1. The molecule has 5 nitrogen and oxygen atoms in total. The summed E-state index contributed by atoms with van der Waals surface area (Å²) in [7, 11) is 0. The van der Waals surface area contributed by atoms with Crippen molar-refractivity contribution in [3.05, 3.63) is 46.3 Å². The molecule has 0 fully saturated rings. The molecule has 0 radical (unpaired) electrons. The minimum atomic E-state index is -0.00328. The van der Waals surface area contributed by atoms with Crippen LogP contribution in [-0.4, -0.2) is 32.4 Å². The number of aromatic nitrogens is 2. The third kappa shape index (κ3) is 5.54. The Kier molecular flexibility index (Phi) is 6.79. The first kappa shape index (κ1) is 22.4. The molecule has 0 aliphatic carbocycles. The lowest BCUT2D eigenvalue weighted by Gasteiger charge is -2.28. The summed E-state index contributed by atoms with van der Waals surface area (Å²) in [5.74, 6) is 1.81. The molecule has 1 amide bonds. The summed E-state index contributed by atoms with van der Waals surface area (Å²) in [6.07, 6.45) is 2.84. The Hall–Kier alpha value is -1.77. The first-order valence-electron chi connectivity index (χ1n) is 10.5. The molecule has 0 bridgehead atoms. The number of nitrogen functional groups attached to an aromatic ring is 1. The Morgan fingerprint density at radius 2 is 2.06 bits per heavy atom. The average Bonchev–Trinajstić information content (AvgIpc) is 3.08. The molecule has 3 N–H and O–H groups in total.